The summed E-state index contributed by atoms with van der Waals surface area (Å²) in [5, 5.41) is 15.6. The van der Waals surface area contributed by atoms with Crippen molar-refractivity contribution in [2.75, 3.05) is 11.1 Å². The lowest BCUT2D eigenvalue weighted by molar-refractivity contribution is 0.0983. The number of benzene rings is 1. The van der Waals surface area contributed by atoms with Crippen molar-refractivity contribution in [1.82, 2.24) is 19.5 Å². The average Bonchev–Trinajstić information content (AvgIpc) is 3.26. The molecule has 1 aromatic carbocycles. The first-order valence-corrected chi connectivity index (χ1v) is 11.4. The fraction of sp³-hybridized carbons (Fsp3) is 0.190. The number of aryl methyl sites for hydroxylation is 1. The van der Waals surface area contributed by atoms with Gasteiger partial charge in [-0.15, -0.1) is 0 Å². The molecule has 0 radical (unpaired) electrons. The average molecular weight is 507 g/mol. The van der Waals surface area contributed by atoms with Gasteiger partial charge in [-0.05, 0) is 42.8 Å². The van der Waals surface area contributed by atoms with Gasteiger partial charge in [0.2, 0.25) is 0 Å². The molecule has 2 aromatic heterocycles. The van der Waals surface area contributed by atoms with E-state index < -0.39 is 34.9 Å². The second-order valence-corrected chi connectivity index (χ2v) is 8.70. The molecule has 0 aliphatic carbocycles. The third-order valence-corrected chi connectivity index (χ3v) is 5.77. The van der Waals surface area contributed by atoms with Gasteiger partial charge in [0.05, 0.1) is 27.9 Å². The quantitative estimate of drug-likeness (QED) is 0.502. The van der Waals surface area contributed by atoms with E-state index >= 15 is 0 Å². The highest BCUT2D eigenvalue weighted by Crippen LogP contribution is 2.27. The molecule has 0 saturated heterocycles. The van der Waals surface area contributed by atoms with Crippen LogP contribution in [0.2, 0.25) is 5.02 Å². The van der Waals surface area contributed by atoms with Gasteiger partial charge >= 0.3 is 0 Å². The van der Waals surface area contributed by atoms with E-state index in [4.69, 9.17) is 11.6 Å². The number of hydrogen-bond acceptors (Lipinski definition) is 6. The first kappa shape index (κ1) is 24.9. The maximum atomic E-state index is 13.4. The van der Waals surface area contributed by atoms with Crippen molar-refractivity contribution >= 4 is 40.1 Å². The number of hydrogen-bond donors (Lipinski definition) is 2. The number of nitrogens with zero attached hydrogens (tertiary/aromatic N) is 4. The first-order chi connectivity index (χ1) is 16.2. The van der Waals surface area contributed by atoms with E-state index in [1.54, 1.807) is 13.8 Å². The summed E-state index contributed by atoms with van der Waals surface area (Å²) >= 11 is 6.12. The molecule has 0 aliphatic heterocycles. The minimum Gasteiger partial charge on any atom is -0.320 e. The zero-order valence-electron chi connectivity index (χ0n) is 17.8. The maximum absolute atomic E-state index is 13.4. The topological polar surface area (TPSA) is 130 Å². The number of nitriles is 1. The van der Waals surface area contributed by atoms with Gasteiger partial charge in [0.25, 0.3) is 18.2 Å². The molecule has 13 heteroatoms. The molecule has 176 valence electrons. The van der Waals surface area contributed by atoms with Crippen molar-refractivity contribution in [3.8, 4) is 11.9 Å². The van der Waals surface area contributed by atoms with Crippen molar-refractivity contribution in [1.29, 1.82) is 5.26 Å². The molecule has 2 N–H and O–H groups in total. The van der Waals surface area contributed by atoms with Crippen LogP contribution in [0.15, 0.2) is 36.5 Å². The van der Waals surface area contributed by atoms with Crippen LogP contribution in [-0.2, 0) is 11.0 Å². The summed E-state index contributed by atoms with van der Waals surface area (Å²) in [5.74, 6) is -1.58. The second-order valence-electron chi connectivity index (χ2n) is 6.82. The maximum Gasteiger partial charge on any atom is 0.282 e. The Morgan fingerprint density at radius 3 is 2.65 bits per heavy atom. The Bertz CT molecular complexity index is 1340. The van der Waals surface area contributed by atoms with Gasteiger partial charge in [-0.1, -0.05) is 18.5 Å². The summed E-state index contributed by atoms with van der Waals surface area (Å²) in [6.45, 7) is 3.14. The van der Waals surface area contributed by atoms with Crippen LogP contribution in [0.1, 0.15) is 51.0 Å². The monoisotopic (exact) mass is 506 g/mol. The van der Waals surface area contributed by atoms with E-state index in [9.17, 15) is 27.8 Å². The Labute approximate surface area is 200 Å². The Morgan fingerprint density at radius 2 is 2.03 bits per heavy atom. The Hall–Kier alpha value is -3.69. The van der Waals surface area contributed by atoms with Crippen LogP contribution < -0.4 is 10.0 Å². The number of amides is 2. The lowest BCUT2D eigenvalue weighted by Gasteiger charge is -2.15. The van der Waals surface area contributed by atoms with Gasteiger partial charge < -0.3 is 5.32 Å². The molecule has 1 atom stereocenters. The fourth-order valence-electron chi connectivity index (χ4n) is 2.97. The third-order valence-electron chi connectivity index (χ3n) is 4.54. The van der Waals surface area contributed by atoms with Gasteiger partial charge in [0.15, 0.2) is 5.82 Å². The number of carbonyl (C=O) groups is 2. The first-order valence-electron chi connectivity index (χ1n) is 9.70. The van der Waals surface area contributed by atoms with Crippen LogP contribution >= 0.6 is 11.6 Å². The van der Waals surface area contributed by atoms with Crippen LogP contribution in [0.25, 0.3) is 5.82 Å². The van der Waals surface area contributed by atoms with Crippen LogP contribution in [-0.4, -0.2) is 36.5 Å². The van der Waals surface area contributed by atoms with Crippen LogP contribution in [0.4, 0.5) is 14.5 Å². The van der Waals surface area contributed by atoms with Crippen LogP contribution in [0, 0.1) is 18.3 Å². The van der Waals surface area contributed by atoms with E-state index in [0.29, 0.717) is 5.56 Å². The highest BCUT2D eigenvalue weighted by molar-refractivity contribution is 7.83. The molecule has 9 nitrogen and oxygen atoms in total. The lowest BCUT2D eigenvalue weighted by atomic mass is 10.0. The Morgan fingerprint density at radius 1 is 1.29 bits per heavy atom. The molecule has 1 unspecified atom stereocenters. The minimum atomic E-state index is -2.97. The van der Waals surface area contributed by atoms with Crippen molar-refractivity contribution < 1.29 is 22.6 Å². The summed E-state index contributed by atoms with van der Waals surface area (Å²) in [6.07, 6.45) is -1.62. The predicted octanol–water partition coefficient (Wildman–Crippen LogP) is 3.70. The Balaban J connectivity index is 2.08. The van der Waals surface area contributed by atoms with E-state index in [1.807, 2.05) is 6.07 Å². The van der Waals surface area contributed by atoms with Gasteiger partial charge in [-0.25, -0.2) is 22.7 Å². The van der Waals surface area contributed by atoms with Crippen LogP contribution in [0.3, 0.4) is 0 Å². The largest absolute Gasteiger partial charge is 0.320 e. The van der Waals surface area contributed by atoms with E-state index in [2.05, 4.69) is 20.1 Å². The molecular formula is C21H17ClF2N6O3S. The molecule has 0 aliphatic rings. The molecule has 0 saturated carbocycles. The van der Waals surface area contributed by atoms with Gasteiger partial charge in [0, 0.05) is 11.9 Å². The molecule has 2 heterocycles. The van der Waals surface area contributed by atoms with Crippen LogP contribution in [0.5, 0.6) is 0 Å². The molecule has 0 spiro atoms. The van der Waals surface area contributed by atoms with E-state index in [-0.39, 0.29) is 39.1 Å². The second kappa shape index (κ2) is 10.5. The van der Waals surface area contributed by atoms with Gasteiger partial charge in [0.1, 0.15) is 22.4 Å². The van der Waals surface area contributed by atoms with Gasteiger partial charge in [-0.2, -0.15) is 10.4 Å². The zero-order chi connectivity index (χ0) is 25.0. The predicted molar refractivity (Wildman–Crippen MR) is 121 cm³/mol. The van der Waals surface area contributed by atoms with Crippen molar-refractivity contribution in [3.63, 3.8) is 0 Å². The fourth-order valence-corrected chi connectivity index (χ4v) is 3.63. The number of aromatic nitrogens is 3. The highest BCUT2D eigenvalue weighted by atomic mass is 35.5. The standard InChI is InChI=1S/C21H17ClF2N6O3S/c1-3-34(33)29-20(31)13-8-12(10-25)7-11(2)17(13)27-21(32)16-9-15(18(23)24)28-30(16)19-14(22)5-4-6-26-19/h4-9,18H,3H2,1-2H3,(H,27,32)(H,29,31). The smallest absolute Gasteiger partial charge is 0.282 e. The molecule has 3 rings (SSSR count). The number of pyridine rings is 1. The molecule has 3 aromatic rings. The summed E-state index contributed by atoms with van der Waals surface area (Å²) in [6, 6.07) is 8.42. The summed E-state index contributed by atoms with van der Waals surface area (Å²) < 4.78 is 41.7. The lowest BCUT2D eigenvalue weighted by Crippen LogP contribution is -2.28. The van der Waals surface area contributed by atoms with E-state index in [1.165, 1.54) is 30.5 Å². The van der Waals surface area contributed by atoms with Crippen molar-refractivity contribution in [2.45, 2.75) is 20.3 Å². The van der Waals surface area contributed by atoms with Gasteiger partial charge in [-0.3, -0.25) is 14.3 Å². The molecule has 0 bridgehead atoms. The summed E-state index contributed by atoms with van der Waals surface area (Å²) in [5.41, 5.74) is -0.636. The number of alkyl halides is 2. The molecule has 34 heavy (non-hydrogen) atoms. The molecular weight excluding hydrogens is 490 g/mol. The Kier molecular flexibility index (Phi) is 7.70. The number of halogens is 3. The molecule has 2 amide bonds. The SMILES string of the molecule is CCS(=O)NC(=O)c1cc(C#N)cc(C)c1NC(=O)c1cc(C(F)F)nn1-c1ncccc1Cl. The highest BCUT2D eigenvalue weighted by Gasteiger charge is 2.25. The minimum absolute atomic E-state index is 0.00747. The van der Waals surface area contributed by atoms with Crippen molar-refractivity contribution in [2.24, 2.45) is 0 Å². The normalized spacial score (nSPS) is 11.7. The summed E-state index contributed by atoms with van der Waals surface area (Å²) in [7, 11) is -1.68. The summed E-state index contributed by atoms with van der Waals surface area (Å²) in [4.78, 5) is 29.9. The number of anilines is 1. The number of nitrogens with one attached hydrogen (secondary N) is 2. The number of carbonyl (C=O) groups excluding carboxylic acids is 2. The third kappa shape index (κ3) is 5.27. The zero-order valence-corrected chi connectivity index (χ0v) is 19.4. The molecule has 0 fully saturated rings. The van der Waals surface area contributed by atoms with Crippen molar-refractivity contribution in [3.05, 3.63) is 69.6 Å². The number of rotatable bonds is 7. The van der Waals surface area contributed by atoms with E-state index in [0.717, 1.165) is 10.7 Å².